The van der Waals surface area contributed by atoms with Gasteiger partial charge in [0, 0.05) is 11.6 Å². The van der Waals surface area contributed by atoms with Gasteiger partial charge in [0.2, 0.25) is 5.90 Å². The lowest BCUT2D eigenvalue weighted by Crippen LogP contribution is -2.07. The number of nitrogens with one attached hydrogen (secondary N) is 1. The fraction of sp³-hybridized carbons (Fsp3) is 0.556. The summed E-state index contributed by atoms with van der Waals surface area (Å²) < 4.78 is 9.60. The molecule has 1 saturated carbocycles. The SMILES string of the molecule is COC(=O)/C(C)=C/C(=N)OC1CC1. The molecule has 4 nitrogen and oxygen atoms in total. The van der Waals surface area contributed by atoms with E-state index in [0.717, 1.165) is 12.8 Å². The van der Waals surface area contributed by atoms with Crippen molar-refractivity contribution in [2.24, 2.45) is 0 Å². The van der Waals surface area contributed by atoms with E-state index in [2.05, 4.69) is 4.74 Å². The van der Waals surface area contributed by atoms with Crippen molar-refractivity contribution in [3.05, 3.63) is 11.6 Å². The van der Waals surface area contributed by atoms with E-state index in [-0.39, 0.29) is 12.0 Å². The second-order valence-corrected chi connectivity index (χ2v) is 3.00. The Kier molecular flexibility index (Phi) is 3.06. The lowest BCUT2D eigenvalue weighted by molar-refractivity contribution is -0.136. The average molecular weight is 183 g/mol. The molecule has 1 N–H and O–H groups in total. The molecule has 0 amide bonds. The molecule has 0 atom stereocenters. The van der Waals surface area contributed by atoms with Gasteiger partial charge in [-0.1, -0.05) is 0 Å². The van der Waals surface area contributed by atoms with Crippen molar-refractivity contribution in [1.82, 2.24) is 0 Å². The first-order valence-electron chi connectivity index (χ1n) is 4.15. The molecule has 0 aliphatic heterocycles. The van der Waals surface area contributed by atoms with E-state index in [0.29, 0.717) is 5.57 Å². The molecular weight excluding hydrogens is 170 g/mol. The van der Waals surface area contributed by atoms with E-state index in [1.54, 1.807) is 6.92 Å². The second-order valence-electron chi connectivity index (χ2n) is 3.00. The first-order valence-corrected chi connectivity index (χ1v) is 4.15. The Balaban J connectivity index is 2.42. The van der Waals surface area contributed by atoms with Gasteiger partial charge in [-0.3, -0.25) is 5.41 Å². The van der Waals surface area contributed by atoms with Gasteiger partial charge in [0.25, 0.3) is 0 Å². The van der Waals surface area contributed by atoms with Gasteiger partial charge in [-0.05, 0) is 19.8 Å². The number of carbonyl (C=O) groups excluding carboxylic acids is 1. The van der Waals surface area contributed by atoms with E-state index in [1.165, 1.54) is 13.2 Å². The smallest absolute Gasteiger partial charge is 0.333 e. The fourth-order valence-electron chi connectivity index (χ4n) is 0.816. The first-order chi connectivity index (χ1) is 6.13. The van der Waals surface area contributed by atoms with Gasteiger partial charge >= 0.3 is 5.97 Å². The molecule has 0 aromatic heterocycles. The maximum Gasteiger partial charge on any atom is 0.333 e. The highest BCUT2D eigenvalue weighted by molar-refractivity contribution is 5.96. The molecule has 1 fully saturated rings. The van der Waals surface area contributed by atoms with E-state index in [4.69, 9.17) is 10.1 Å². The highest BCUT2D eigenvalue weighted by Gasteiger charge is 2.24. The number of rotatable bonds is 3. The minimum absolute atomic E-state index is 0.0328. The van der Waals surface area contributed by atoms with Crippen LogP contribution in [0.25, 0.3) is 0 Å². The zero-order valence-corrected chi connectivity index (χ0v) is 7.79. The van der Waals surface area contributed by atoms with Crippen molar-refractivity contribution < 1.29 is 14.3 Å². The zero-order chi connectivity index (χ0) is 9.84. The molecule has 0 bridgehead atoms. The van der Waals surface area contributed by atoms with Crippen LogP contribution < -0.4 is 0 Å². The summed E-state index contributed by atoms with van der Waals surface area (Å²) in [6, 6.07) is 0. The van der Waals surface area contributed by atoms with Gasteiger partial charge in [-0.25, -0.2) is 4.79 Å². The van der Waals surface area contributed by atoms with Crippen molar-refractivity contribution in [3.8, 4) is 0 Å². The number of hydrogen-bond donors (Lipinski definition) is 1. The topological polar surface area (TPSA) is 59.4 Å². The van der Waals surface area contributed by atoms with E-state index in [9.17, 15) is 4.79 Å². The second kappa shape index (κ2) is 4.07. The number of carbonyl (C=O) groups is 1. The first kappa shape index (κ1) is 9.77. The van der Waals surface area contributed by atoms with Gasteiger partial charge in [-0.15, -0.1) is 0 Å². The highest BCUT2D eigenvalue weighted by Crippen LogP contribution is 2.23. The van der Waals surface area contributed by atoms with E-state index in [1.807, 2.05) is 0 Å². The summed E-state index contributed by atoms with van der Waals surface area (Å²) in [7, 11) is 1.31. The Morgan fingerprint density at radius 2 is 2.15 bits per heavy atom. The fourth-order valence-corrected chi connectivity index (χ4v) is 0.816. The number of methoxy groups -OCH3 is 1. The summed E-state index contributed by atoms with van der Waals surface area (Å²) in [5, 5.41) is 7.35. The summed E-state index contributed by atoms with van der Waals surface area (Å²) in [5.74, 6) is -0.394. The maximum absolute atomic E-state index is 10.9. The Labute approximate surface area is 77.0 Å². The Bertz CT molecular complexity index is 254. The molecule has 0 aromatic rings. The van der Waals surface area contributed by atoms with Crippen LogP contribution in [0.5, 0.6) is 0 Å². The predicted molar refractivity (Wildman–Crippen MR) is 47.6 cm³/mol. The molecule has 1 aliphatic carbocycles. The molecule has 0 heterocycles. The van der Waals surface area contributed by atoms with Gasteiger partial charge in [0.05, 0.1) is 7.11 Å². The van der Waals surface area contributed by atoms with Crippen LogP contribution in [0.15, 0.2) is 11.6 Å². The Hall–Kier alpha value is -1.32. The summed E-state index contributed by atoms with van der Waals surface area (Å²) in [6.07, 6.45) is 3.58. The summed E-state index contributed by atoms with van der Waals surface area (Å²) in [6.45, 7) is 1.59. The van der Waals surface area contributed by atoms with E-state index < -0.39 is 5.97 Å². The molecule has 13 heavy (non-hydrogen) atoms. The molecule has 0 aromatic carbocycles. The molecule has 0 spiro atoms. The number of esters is 1. The third kappa shape index (κ3) is 3.27. The molecule has 72 valence electrons. The highest BCUT2D eigenvalue weighted by atomic mass is 16.5. The summed E-state index contributed by atoms with van der Waals surface area (Å²) in [5.41, 5.74) is 0.383. The van der Waals surface area contributed by atoms with Crippen molar-refractivity contribution >= 4 is 11.9 Å². The van der Waals surface area contributed by atoms with Crippen LogP contribution in [-0.4, -0.2) is 25.1 Å². The number of hydrogen-bond acceptors (Lipinski definition) is 4. The molecule has 0 saturated heterocycles. The van der Waals surface area contributed by atoms with Crippen molar-refractivity contribution in [2.45, 2.75) is 25.9 Å². The van der Waals surface area contributed by atoms with Gasteiger partial charge in [0.1, 0.15) is 6.10 Å². The monoisotopic (exact) mass is 183 g/mol. The quantitative estimate of drug-likeness (QED) is 0.310. The van der Waals surface area contributed by atoms with Gasteiger partial charge < -0.3 is 9.47 Å². The molecule has 4 heteroatoms. The van der Waals surface area contributed by atoms with Crippen LogP contribution in [-0.2, 0) is 14.3 Å². The maximum atomic E-state index is 10.9. The normalized spacial score (nSPS) is 16.6. The summed E-state index contributed by atoms with van der Waals surface area (Å²) in [4.78, 5) is 10.9. The molecule has 1 aliphatic rings. The van der Waals surface area contributed by atoms with Crippen LogP contribution in [0.4, 0.5) is 0 Å². The third-order valence-electron chi connectivity index (χ3n) is 1.67. The molecular formula is C9H13NO3. The number of ether oxygens (including phenoxy) is 2. The lowest BCUT2D eigenvalue weighted by atomic mass is 10.3. The van der Waals surface area contributed by atoms with Gasteiger partial charge in [0.15, 0.2) is 0 Å². The predicted octanol–water partition coefficient (Wildman–Crippen LogP) is 1.26. The van der Waals surface area contributed by atoms with Crippen LogP contribution in [0.2, 0.25) is 0 Å². The van der Waals surface area contributed by atoms with Gasteiger partial charge in [-0.2, -0.15) is 0 Å². The molecule has 1 rings (SSSR count). The largest absolute Gasteiger partial charge is 0.475 e. The Morgan fingerprint density at radius 1 is 1.54 bits per heavy atom. The minimum atomic E-state index is -0.427. The minimum Gasteiger partial charge on any atom is -0.475 e. The lowest BCUT2D eigenvalue weighted by Gasteiger charge is -2.02. The third-order valence-corrected chi connectivity index (χ3v) is 1.67. The molecule has 0 unspecified atom stereocenters. The van der Waals surface area contributed by atoms with Crippen LogP contribution >= 0.6 is 0 Å². The standard InChI is InChI=1S/C9H13NO3/c1-6(9(11)12-2)5-8(10)13-7-3-4-7/h5,7,10H,3-4H2,1-2H3/b6-5+,10-8?. The van der Waals surface area contributed by atoms with Crippen LogP contribution in [0.1, 0.15) is 19.8 Å². The van der Waals surface area contributed by atoms with Crippen LogP contribution in [0, 0.1) is 5.41 Å². The van der Waals surface area contributed by atoms with Crippen molar-refractivity contribution in [1.29, 1.82) is 5.41 Å². The van der Waals surface area contributed by atoms with Crippen LogP contribution in [0.3, 0.4) is 0 Å². The zero-order valence-electron chi connectivity index (χ0n) is 7.79. The van der Waals surface area contributed by atoms with E-state index >= 15 is 0 Å². The average Bonchev–Trinajstić information content (AvgIpc) is 2.86. The van der Waals surface area contributed by atoms with Crippen molar-refractivity contribution in [2.75, 3.05) is 7.11 Å². The Morgan fingerprint density at radius 3 is 2.62 bits per heavy atom. The molecule has 0 radical (unpaired) electrons. The van der Waals surface area contributed by atoms with Crippen molar-refractivity contribution in [3.63, 3.8) is 0 Å². The summed E-state index contributed by atoms with van der Waals surface area (Å²) >= 11 is 0.